The molecule has 0 atom stereocenters. The molecule has 0 aliphatic rings. The zero-order valence-electron chi connectivity index (χ0n) is 11.3. The van der Waals surface area contributed by atoms with Crippen molar-refractivity contribution in [1.29, 1.82) is 0 Å². The van der Waals surface area contributed by atoms with Crippen LogP contribution in [0.25, 0.3) is 0 Å². The summed E-state index contributed by atoms with van der Waals surface area (Å²) in [6.45, 7) is 5.71. The molecule has 0 unspecified atom stereocenters. The van der Waals surface area contributed by atoms with E-state index in [0.29, 0.717) is 22.4 Å². The number of benzene rings is 1. The second-order valence-electron chi connectivity index (χ2n) is 3.99. The summed E-state index contributed by atoms with van der Waals surface area (Å²) < 4.78 is 6.26. The van der Waals surface area contributed by atoms with Gasteiger partial charge in [-0.2, -0.15) is 0 Å². The number of rotatable bonds is 5. The smallest absolute Gasteiger partial charge is 0.276 e. The van der Waals surface area contributed by atoms with Crippen LogP contribution in [-0.2, 0) is 4.79 Å². The summed E-state index contributed by atoms with van der Waals surface area (Å²) in [6, 6.07) is 3.56. The van der Waals surface area contributed by atoms with Gasteiger partial charge in [-0.05, 0) is 36.8 Å². The van der Waals surface area contributed by atoms with E-state index >= 15 is 0 Å². The third-order valence-electron chi connectivity index (χ3n) is 2.26. The van der Waals surface area contributed by atoms with Crippen LogP contribution in [0.5, 0.6) is 5.75 Å². The van der Waals surface area contributed by atoms with Crippen molar-refractivity contribution in [2.24, 2.45) is 0 Å². The van der Waals surface area contributed by atoms with E-state index in [9.17, 15) is 4.79 Å². The van der Waals surface area contributed by atoms with Gasteiger partial charge >= 0.3 is 0 Å². The molecule has 0 aliphatic heterocycles. The maximum Gasteiger partial charge on any atom is 0.276 e. The van der Waals surface area contributed by atoms with Crippen molar-refractivity contribution >= 4 is 50.8 Å². The Hall–Kier alpha value is -1.31. The molecule has 114 valence electrons. The SMILES string of the molecule is C=CCNC(=S)NNC(=O)COc1c(C)cc(Br)cc1Cl. The summed E-state index contributed by atoms with van der Waals surface area (Å²) in [5.74, 6) is 0.0958. The highest BCUT2D eigenvalue weighted by molar-refractivity contribution is 9.10. The van der Waals surface area contributed by atoms with Gasteiger partial charge in [0.1, 0.15) is 5.75 Å². The van der Waals surface area contributed by atoms with E-state index in [0.717, 1.165) is 10.0 Å². The minimum Gasteiger partial charge on any atom is -0.482 e. The second kappa shape index (κ2) is 8.86. The van der Waals surface area contributed by atoms with E-state index < -0.39 is 0 Å². The molecule has 0 saturated carbocycles. The second-order valence-corrected chi connectivity index (χ2v) is 5.73. The van der Waals surface area contributed by atoms with Crippen molar-refractivity contribution in [2.45, 2.75) is 6.92 Å². The van der Waals surface area contributed by atoms with Crippen LogP contribution < -0.4 is 20.9 Å². The van der Waals surface area contributed by atoms with Gasteiger partial charge in [-0.15, -0.1) is 6.58 Å². The number of hydrazine groups is 1. The summed E-state index contributed by atoms with van der Waals surface area (Å²) in [5.41, 5.74) is 5.78. The average molecular weight is 393 g/mol. The van der Waals surface area contributed by atoms with Crippen LogP contribution in [0.3, 0.4) is 0 Å². The van der Waals surface area contributed by atoms with Crippen molar-refractivity contribution in [1.82, 2.24) is 16.2 Å². The Morgan fingerprint density at radius 1 is 1.52 bits per heavy atom. The van der Waals surface area contributed by atoms with Crippen LogP contribution in [-0.4, -0.2) is 24.2 Å². The minimum atomic E-state index is -0.379. The Morgan fingerprint density at radius 2 is 2.24 bits per heavy atom. The maximum atomic E-state index is 11.6. The molecule has 8 heteroatoms. The normalized spacial score (nSPS) is 9.67. The molecule has 0 spiro atoms. The van der Waals surface area contributed by atoms with Crippen molar-refractivity contribution < 1.29 is 9.53 Å². The van der Waals surface area contributed by atoms with E-state index in [-0.39, 0.29) is 12.5 Å². The quantitative estimate of drug-likeness (QED) is 0.408. The van der Waals surface area contributed by atoms with Crippen molar-refractivity contribution in [2.75, 3.05) is 13.2 Å². The van der Waals surface area contributed by atoms with Gasteiger partial charge in [0, 0.05) is 11.0 Å². The predicted molar refractivity (Wildman–Crippen MR) is 91.5 cm³/mol. The van der Waals surface area contributed by atoms with E-state index in [1.165, 1.54) is 0 Å². The lowest BCUT2D eigenvalue weighted by atomic mass is 10.2. The molecule has 1 amide bonds. The number of hydrogen-bond donors (Lipinski definition) is 3. The number of amides is 1. The molecular weight excluding hydrogens is 378 g/mol. The number of ether oxygens (including phenoxy) is 1. The number of carbonyl (C=O) groups is 1. The Labute approximate surface area is 142 Å². The zero-order chi connectivity index (χ0) is 15.8. The van der Waals surface area contributed by atoms with Gasteiger partial charge in [-0.1, -0.05) is 33.6 Å². The van der Waals surface area contributed by atoms with Crippen molar-refractivity contribution in [3.8, 4) is 5.75 Å². The van der Waals surface area contributed by atoms with Crippen LogP contribution >= 0.6 is 39.7 Å². The summed E-state index contributed by atoms with van der Waals surface area (Å²) in [4.78, 5) is 11.6. The fourth-order valence-corrected chi connectivity index (χ4v) is 2.54. The highest BCUT2D eigenvalue weighted by atomic mass is 79.9. The predicted octanol–water partition coefficient (Wildman–Crippen LogP) is 2.47. The molecule has 0 aliphatic carbocycles. The highest BCUT2D eigenvalue weighted by Gasteiger charge is 2.10. The van der Waals surface area contributed by atoms with Gasteiger partial charge in [0.25, 0.3) is 5.91 Å². The third-order valence-corrected chi connectivity index (χ3v) is 3.25. The summed E-state index contributed by atoms with van der Waals surface area (Å²) in [6.07, 6.45) is 1.65. The Balaban J connectivity index is 2.43. The largest absolute Gasteiger partial charge is 0.482 e. The molecule has 0 radical (unpaired) electrons. The molecule has 0 saturated heterocycles. The highest BCUT2D eigenvalue weighted by Crippen LogP contribution is 2.31. The number of thiocarbonyl (C=S) groups is 1. The van der Waals surface area contributed by atoms with Gasteiger partial charge in [-0.3, -0.25) is 15.6 Å². The van der Waals surface area contributed by atoms with Crippen molar-refractivity contribution in [3.63, 3.8) is 0 Å². The molecule has 0 aromatic heterocycles. The first-order valence-electron chi connectivity index (χ1n) is 5.96. The van der Waals surface area contributed by atoms with Crippen LogP contribution in [0, 0.1) is 6.92 Å². The Kier molecular flexibility index (Phi) is 7.49. The van der Waals surface area contributed by atoms with Gasteiger partial charge in [0.05, 0.1) is 5.02 Å². The number of halogens is 2. The van der Waals surface area contributed by atoms with Gasteiger partial charge in [0.15, 0.2) is 11.7 Å². The van der Waals surface area contributed by atoms with Gasteiger partial charge in [0.2, 0.25) is 0 Å². The fraction of sp³-hybridized carbons (Fsp3) is 0.231. The van der Waals surface area contributed by atoms with E-state index in [2.05, 4.69) is 38.7 Å². The molecule has 5 nitrogen and oxygen atoms in total. The number of nitrogens with one attached hydrogen (secondary N) is 3. The van der Waals surface area contributed by atoms with E-state index in [4.69, 9.17) is 28.6 Å². The van der Waals surface area contributed by atoms with E-state index in [1.54, 1.807) is 12.1 Å². The Bertz CT molecular complexity index is 531. The molecule has 0 heterocycles. The van der Waals surface area contributed by atoms with Gasteiger partial charge < -0.3 is 10.1 Å². The molecule has 0 fully saturated rings. The average Bonchev–Trinajstić information content (AvgIpc) is 2.41. The molecule has 1 rings (SSSR count). The fourth-order valence-electron chi connectivity index (χ4n) is 1.38. The third kappa shape index (κ3) is 6.33. The monoisotopic (exact) mass is 391 g/mol. The summed E-state index contributed by atoms with van der Waals surface area (Å²) >= 11 is 14.3. The molecule has 0 bridgehead atoms. The minimum absolute atomic E-state index is 0.181. The van der Waals surface area contributed by atoms with Crippen LogP contribution in [0.15, 0.2) is 29.3 Å². The molecular formula is C13H15BrClN3O2S. The number of carbonyl (C=O) groups excluding carboxylic acids is 1. The van der Waals surface area contributed by atoms with E-state index in [1.807, 2.05) is 13.0 Å². The first kappa shape index (κ1) is 17.7. The lowest BCUT2D eigenvalue weighted by Gasteiger charge is -2.13. The topological polar surface area (TPSA) is 62.4 Å². The molecule has 21 heavy (non-hydrogen) atoms. The zero-order valence-corrected chi connectivity index (χ0v) is 14.5. The first-order valence-corrected chi connectivity index (χ1v) is 7.54. The number of aryl methyl sites for hydroxylation is 1. The Morgan fingerprint density at radius 3 is 2.86 bits per heavy atom. The number of hydrogen-bond acceptors (Lipinski definition) is 3. The molecule has 1 aromatic carbocycles. The van der Waals surface area contributed by atoms with Crippen LogP contribution in [0.1, 0.15) is 5.56 Å². The van der Waals surface area contributed by atoms with Crippen LogP contribution in [0.4, 0.5) is 0 Å². The maximum absolute atomic E-state index is 11.6. The lowest BCUT2D eigenvalue weighted by Crippen LogP contribution is -2.48. The summed E-state index contributed by atoms with van der Waals surface area (Å²) in [5, 5.41) is 3.53. The standard InChI is InChI=1S/C13H15BrClN3O2S/c1-3-4-16-13(21)18-17-11(19)7-20-12-8(2)5-9(14)6-10(12)15/h3,5-6H,1,4,7H2,2H3,(H,17,19)(H2,16,18,21). The van der Waals surface area contributed by atoms with Crippen LogP contribution in [0.2, 0.25) is 5.02 Å². The molecule has 3 N–H and O–H groups in total. The summed E-state index contributed by atoms with van der Waals surface area (Å²) in [7, 11) is 0. The van der Waals surface area contributed by atoms with Crippen molar-refractivity contribution in [3.05, 3.63) is 39.8 Å². The lowest BCUT2D eigenvalue weighted by molar-refractivity contribution is -0.123. The molecule has 1 aromatic rings. The van der Waals surface area contributed by atoms with Gasteiger partial charge in [-0.25, -0.2) is 0 Å². The first-order chi connectivity index (χ1) is 9.93.